The lowest BCUT2D eigenvalue weighted by Crippen LogP contribution is -2.32. The van der Waals surface area contributed by atoms with Gasteiger partial charge in [-0.05, 0) is 19.4 Å². The lowest BCUT2D eigenvalue weighted by molar-refractivity contribution is 0.0937. The molecule has 1 rings (SSSR count). The highest BCUT2D eigenvalue weighted by Gasteiger charge is 2.08. The third-order valence-electron chi connectivity index (χ3n) is 1.95. The molecule has 1 N–H and O–H groups in total. The van der Waals surface area contributed by atoms with Gasteiger partial charge in [0.1, 0.15) is 6.26 Å². The van der Waals surface area contributed by atoms with Gasteiger partial charge in [-0.15, -0.1) is 0 Å². The van der Waals surface area contributed by atoms with E-state index in [9.17, 15) is 9.59 Å². The van der Waals surface area contributed by atoms with Crippen molar-refractivity contribution in [1.29, 1.82) is 0 Å². The molecule has 0 aromatic carbocycles. The molecule has 14 heavy (non-hydrogen) atoms. The van der Waals surface area contributed by atoms with E-state index in [0.29, 0.717) is 5.56 Å². The van der Waals surface area contributed by atoms with Crippen LogP contribution in [0.4, 0.5) is 0 Å². The fourth-order valence-electron chi connectivity index (χ4n) is 0.896. The van der Waals surface area contributed by atoms with E-state index in [1.54, 1.807) is 0 Å². The van der Waals surface area contributed by atoms with Gasteiger partial charge in [0.25, 0.3) is 5.91 Å². The maximum atomic E-state index is 11.5. The molecule has 1 unspecified atom stereocenters. The van der Waals surface area contributed by atoms with Crippen molar-refractivity contribution < 1.29 is 9.21 Å². The van der Waals surface area contributed by atoms with E-state index < -0.39 is 5.63 Å². The molecule has 1 aromatic heterocycles. The maximum Gasteiger partial charge on any atom is 0.335 e. The molecule has 0 radical (unpaired) electrons. The Balaban J connectivity index is 2.70. The monoisotopic (exact) mass is 195 g/mol. The second-order valence-corrected chi connectivity index (χ2v) is 3.13. The highest BCUT2D eigenvalue weighted by atomic mass is 16.4. The molecular formula is C10H13NO3. The van der Waals surface area contributed by atoms with Crippen LogP contribution in [-0.2, 0) is 0 Å². The molecule has 1 atom stereocenters. The van der Waals surface area contributed by atoms with Gasteiger partial charge in [-0.1, -0.05) is 6.92 Å². The number of carbonyl (C=O) groups excluding carboxylic acids is 1. The summed E-state index contributed by atoms with van der Waals surface area (Å²) in [5.41, 5.74) is -0.0880. The first-order valence-electron chi connectivity index (χ1n) is 4.53. The normalized spacial score (nSPS) is 12.1. The number of amides is 1. The zero-order valence-corrected chi connectivity index (χ0v) is 8.24. The average molecular weight is 195 g/mol. The zero-order chi connectivity index (χ0) is 10.6. The Morgan fingerprint density at radius 3 is 2.79 bits per heavy atom. The number of hydrogen-bond donors (Lipinski definition) is 1. The summed E-state index contributed by atoms with van der Waals surface area (Å²) in [6, 6.07) is 2.80. The van der Waals surface area contributed by atoms with Gasteiger partial charge in [0.05, 0.1) is 5.56 Å². The third kappa shape index (κ3) is 2.73. The Bertz CT molecular complexity index is 349. The lowest BCUT2D eigenvalue weighted by Gasteiger charge is -2.10. The Kier molecular flexibility index (Phi) is 3.45. The van der Waals surface area contributed by atoms with Gasteiger partial charge in [-0.2, -0.15) is 0 Å². The maximum absolute atomic E-state index is 11.5. The van der Waals surface area contributed by atoms with Crippen molar-refractivity contribution in [3.63, 3.8) is 0 Å². The van der Waals surface area contributed by atoms with Gasteiger partial charge in [0, 0.05) is 12.1 Å². The molecule has 4 heteroatoms. The van der Waals surface area contributed by atoms with Crippen molar-refractivity contribution in [2.45, 2.75) is 26.3 Å². The Hall–Kier alpha value is -1.58. The molecule has 0 aliphatic carbocycles. The molecule has 1 heterocycles. The Labute approximate surface area is 81.9 Å². The van der Waals surface area contributed by atoms with Crippen LogP contribution in [0.15, 0.2) is 27.6 Å². The topological polar surface area (TPSA) is 59.3 Å². The zero-order valence-electron chi connectivity index (χ0n) is 8.24. The molecule has 0 bridgehead atoms. The van der Waals surface area contributed by atoms with E-state index >= 15 is 0 Å². The summed E-state index contributed by atoms with van der Waals surface area (Å²) < 4.78 is 4.58. The van der Waals surface area contributed by atoms with E-state index in [-0.39, 0.29) is 11.9 Å². The molecule has 76 valence electrons. The molecule has 1 aromatic rings. The predicted molar refractivity (Wildman–Crippen MR) is 52.2 cm³/mol. The van der Waals surface area contributed by atoms with Crippen molar-refractivity contribution in [2.75, 3.05) is 0 Å². The first kappa shape index (κ1) is 10.5. The van der Waals surface area contributed by atoms with Crippen LogP contribution < -0.4 is 10.9 Å². The van der Waals surface area contributed by atoms with E-state index in [2.05, 4.69) is 9.73 Å². The van der Waals surface area contributed by atoms with Gasteiger partial charge in [-0.3, -0.25) is 4.79 Å². The van der Waals surface area contributed by atoms with E-state index in [1.165, 1.54) is 18.4 Å². The second kappa shape index (κ2) is 4.60. The van der Waals surface area contributed by atoms with Crippen molar-refractivity contribution >= 4 is 5.91 Å². The first-order valence-corrected chi connectivity index (χ1v) is 4.53. The van der Waals surface area contributed by atoms with Crippen LogP contribution in [0, 0.1) is 0 Å². The molecule has 4 nitrogen and oxygen atoms in total. The van der Waals surface area contributed by atoms with Crippen molar-refractivity contribution in [2.24, 2.45) is 0 Å². The molecule has 0 saturated heterocycles. The highest BCUT2D eigenvalue weighted by Crippen LogP contribution is 1.97. The van der Waals surface area contributed by atoms with Crippen molar-refractivity contribution in [3.8, 4) is 0 Å². The minimum Gasteiger partial charge on any atom is -0.430 e. The van der Waals surface area contributed by atoms with Crippen LogP contribution >= 0.6 is 0 Å². The second-order valence-electron chi connectivity index (χ2n) is 3.13. The molecule has 1 amide bonds. The molecule has 0 aliphatic rings. The summed E-state index contributed by atoms with van der Waals surface area (Å²) in [5.74, 6) is -0.219. The van der Waals surface area contributed by atoms with Gasteiger partial charge < -0.3 is 9.73 Å². The van der Waals surface area contributed by atoms with Crippen LogP contribution in [0.3, 0.4) is 0 Å². The number of hydrogen-bond acceptors (Lipinski definition) is 3. The van der Waals surface area contributed by atoms with E-state index in [1.807, 2.05) is 13.8 Å². The third-order valence-corrected chi connectivity index (χ3v) is 1.95. The van der Waals surface area contributed by atoms with Gasteiger partial charge in [0.15, 0.2) is 0 Å². The summed E-state index contributed by atoms with van der Waals surface area (Å²) >= 11 is 0. The Morgan fingerprint density at radius 1 is 1.57 bits per heavy atom. The number of nitrogens with one attached hydrogen (secondary N) is 1. The quantitative estimate of drug-likeness (QED) is 0.787. The summed E-state index contributed by atoms with van der Waals surface area (Å²) in [6.07, 6.45) is 2.03. The number of carbonyl (C=O) groups is 1. The number of rotatable bonds is 3. The minimum absolute atomic E-state index is 0.120. The first-order chi connectivity index (χ1) is 6.63. The van der Waals surface area contributed by atoms with E-state index in [0.717, 1.165) is 6.42 Å². The van der Waals surface area contributed by atoms with Crippen molar-refractivity contribution in [1.82, 2.24) is 5.32 Å². The summed E-state index contributed by atoms with van der Waals surface area (Å²) in [4.78, 5) is 22.1. The molecule has 0 fully saturated rings. The van der Waals surface area contributed by atoms with Crippen LogP contribution in [0.2, 0.25) is 0 Å². The average Bonchev–Trinajstić information content (AvgIpc) is 2.18. The van der Waals surface area contributed by atoms with Gasteiger partial charge >= 0.3 is 5.63 Å². The molecule has 0 saturated carbocycles. The Morgan fingerprint density at radius 2 is 2.29 bits per heavy atom. The van der Waals surface area contributed by atoms with Crippen molar-refractivity contribution in [3.05, 3.63) is 34.4 Å². The fraction of sp³-hybridized carbons (Fsp3) is 0.400. The fourth-order valence-corrected chi connectivity index (χ4v) is 0.896. The lowest BCUT2D eigenvalue weighted by atomic mass is 10.2. The minimum atomic E-state index is -0.454. The highest BCUT2D eigenvalue weighted by molar-refractivity contribution is 5.93. The summed E-state index contributed by atoms with van der Waals surface area (Å²) in [5, 5.41) is 2.76. The molecular weight excluding hydrogens is 182 g/mol. The van der Waals surface area contributed by atoms with Crippen LogP contribution in [0.1, 0.15) is 30.6 Å². The smallest absolute Gasteiger partial charge is 0.335 e. The summed E-state index contributed by atoms with van der Waals surface area (Å²) in [6.45, 7) is 3.90. The predicted octanol–water partition coefficient (Wildman–Crippen LogP) is 1.17. The van der Waals surface area contributed by atoms with Gasteiger partial charge in [-0.25, -0.2) is 4.79 Å². The molecule has 0 spiro atoms. The van der Waals surface area contributed by atoms with Crippen LogP contribution in [-0.4, -0.2) is 11.9 Å². The largest absolute Gasteiger partial charge is 0.430 e. The SMILES string of the molecule is CCC(C)NC(=O)c1ccc(=O)oc1. The van der Waals surface area contributed by atoms with Crippen LogP contribution in [0.25, 0.3) is 0 Å². The molecule has 0 aliphatic heterocycles. The van der Waals surface area contributed by atoms with E-state index in [4.69, 9.17) is 0 Å². The van der Waals surface area contributed by atoms with Crippen LogP contribution in [0.5, 0.6) is 0 Å². The standard InChI is InChI=1S/C10H13NO3/c1-3-7(2)11-10(13)8-4-5-9(12)14-6-8/h4-7H,3H2,1-2H3,(H,11,13). The summed E-state index contributed by atoms with van der Waals surface area (Å²) in [7, 11) is 0. The van der Waals surface area contributed by atoms with Gasteiger partial charge in [0.2, 0.25) is 0 Å².